The van der Waals surface area contributed by atoms with Gasteiger partial charge in [-0.3, -0.25) is 14.5 Å². The molecule has 13 heteroatoms. The summed E-state index contributed by atoms with van der Waals surface area (Å²) in [6.07, 6.45) is -2.72. The van der Waals surface area contributed by atoms with Crippen molar-refractivity contribution in [1.82, 2.24) is 14.8 Å². The van der Waals surface area contributed by atoms with Crippen LogP contribution < -0.4 is 24.3 Å². The molecule has 2 N–H and O–H groups in total. The number of carbonyl (C=O) groups is 1. The van der Waals surface area contributed by atoms with Crippen LogP contribution in [-0.2, 0) is 6.54 Å². The number of amides is 1. The van der Waals surface area contributed by atoms with Gasteiger partial charge in [-0.25, -0.2) is 0 Å². The van der Waals surface area contributed by atoms with Crippen molar-refractivity contribution < 1.29 is 42.0 Å². The van der Waals surface area contributed by atoms with E-state index >= 15 is 0 Å². The summed E-state index contributed by atoms with van der Waals surface area (Å²) >= 11 is 0. The number of alkyl halides is 3. The van der Waals surface area contributed by atoms with Gasteiger partial charge in [-0.2, -0.15) is 18.3 Å². The van der Waals surface area contributed by atoms with Crippen LogP contribution in [0.25, 0.3) is 10.9 Å². The first-order valence-corrected chi connectivity index (χ1v) is 11.6. The van der Waals surface area contributed by atoms with E-state index in [9.17, 15) is 23.1 Å². The second-order valence-electron chi connectivity index (χ2n) is 8.43. The van der Waals surface area contributed by atoms with Gasteiger partial charge in [0.1, 0.15) is 11.5 Å². The summed E-state index contributed by atoms with van der Waals surface area (Å²) in [6, 6.07) is 11.5. The third kappa shape index (κ3) is 6.87. The van der Waals surface area contributed by atoms with Crippen molar-refractivity contribution in [2.75, 3.05) is 26.1 Å². The lowest BCUT2D eigenvalue weighted by Gasteiger charge is -2.13. The SMILES string of the molecule is COc1cc2nccc(Oc3ccc(NC(=O)c4nn(CC(C)O)cc4OCC(F)(F)F)cc3)c2cc1OC. The van der Waals surface area contributed by atoms with Gasteiger partial charge in [0.15, 0.2) is 29.5 Å². The molecule has 0 fully saturated rings. The highest BCUT2D eigenvalue weighted by Crippen LogP contribution is 2.37. The molecule has 0 saturated carbocycles. The molecular weight excluding hydrogens is 521 g/mol. The van der Waals surface area contributed by atoms with Crippen molar-refractivity contribution in [3.63, 3.8) is 0 Å². The molecule has 0 aliphatic rings. The Bertz CT molecular complexity index is 1450. The predicted octanol–water partition coefficient (Wildman–Crippen LogP) is 4.82. The number of aliphatic hydroxyl groups excluding tert-OH is 1. The summed E-state index contributed by atoms with van der Waals surface area (Å²) in [5.41, 5.74) is 0.616. The van der Waals surface area contributed by atoms with Crippen LogP contribution in [-0.4, -0.2) is 58.9 Å². The number of hydrogen-bond acceptors (Lipinski definition) is 8. The fraction of sp³-hybridized carbons (Fsp3) is 0.269. The van der Waals surface area contributed by atoms with Gasteiger partial charge in [-0.15, -0.1) is 0 Å². The molecule has 0 bridgehead atoms. The highest BCUT2D eigenvalue weighted by Gasteiger charge is 2.30. The third-order valence-electron chi connectivity index (χ3n) is 5.33. The smallest absolute Gasteiger partial charge is 0.422 e. The maximum atomic E-state index is 12.8. The summed E-state index contributed by atoms with van der Waals surface area (Å²) in [6.45, 7) is -0.157. The molecule has 39 heavy (non-hydrogen) atoms. The van der Waals surface area contributed by atoms with E-state index in [0.29, 0.717) is 39.6 Å². The number of halogens is 3. The molecule has 206 valence electrons. The summed E-state index contributed by atoms with van der Waals surface area (Å²) in [7, 11) is 3.05. The molecule has 1 amide bonds. The lowest BCUT2D eigenvalue weighted by atomic mass is 10.2. The number of carbonyl (C=O) groups excluding carboxylic acids is 1. The van der Waals surface area contributed by atoms with E-state index in [4.69, 9.17) is 18.9 Å². The summed E-state index contributed by atoms with van der Waals surface area (Å²) in [5.74, 6) is 0.847. The quantitative estimate of drug-likeness (QED) is 0.291. The van der Waals surface area contributed by atoms with Gasteiger partial charge >= 0.3 is 6.18 Å². The van der Waals surface area contributed by atoms with Crippen molar-refractivity contribution >= 4 is 22.5 Å². The van der Waals surface area contributed by atoms with Gasteiger partial charge in [0, 0.05) is 23.3 Å². The van der Waals surface area contributed by atoms with Crippen LogP contribution in [0.1, 0.15) is 17.4 Å². The van der Waals surface area contributed by atoms with Crippen LogP contribution in [0.4, 0.5) is 18.9 Å². The molecule has 0 aliphatic carbocycles. The molecule has 2 aromatic heterocycles. The Labute approximate surface area is 220 Å². The van der Waals surface area contributed by atoms with Crippen LogP contribution >= 0.6 is 0 Å². The van der Waals surface area contributed by atoms with Crippen molar-refractivity contribution in [2.45, 2.75) is 25.7 Å². The fourth-order valence-corrected chi connectivity index (χ4v) is 3.65. The zero-order valence-corrected chi connectivity index (χ0v) is 21.2. The summed E-state index contributed by atoms with van der Waals surface area (Å²) < 4.78 is 60.6. The van der Waals surface area contributed by atoms with E-state index < -0.39 is 24.8 Å². The highest BCUT2D eigenvalue weighted by atomic mass is 19.4. The summed E-state index contributed by atoms with van der Waals surface area (Å²) in [4.78, 5) is 17.2. The first kappa shape index (κ1) is 27.5. The highest BCUT2D eigenvalue weighted by molar-refractivity contribution is 6.04. The zero-order valence-electron chi connectivity index (χ0n) is 21.2. The van der Waals surface area contributed by atoms with Gasteiger partial charge in [-0.05, 0) is 43.3 Å². The molecule has 2 aromatic carbocycles. The van der Waals surface area contributed by atoms with Crippen LogP contribution in [0.3, 0.4) is 0 Å². The average Bonchev–Trinajstić information content (AvgIpc) is 3.29. The molecule has 0 aliphatic heterocycles. The topological polar surface area (TPSA) is 117 Å². The predicted molar refractivity (Wildman–Crippen MR) is 135 cm³/mol. The number of rotatable bonds is 10. The second-order valence-corrected chi connectivity index (χ2v) is 8.43. The number of nitrogens with one attached hydrogen (secondary N) is 1. The minimum atomic E-state index is -4.60. The molecule has 0 spiro atoms. The van der Waals surface area contributed by atoms with E-state index in [-0.39, 0.29) is 18.0 Å². The number of aromatic nitrogens is 3. The third-order valence-corrected chi connectivity index (χ3v) is 5.33. The van der Waals surface area contributed by atoms with Gasteiger partial charge in [0.25, 0.3) is 5.91 Å². The number of anilines is 1. The fourth-order valence-electron chi connectivity index (χ4n) is 3.65. The first-order chi connectivity index (χ1) is 18.6. The number of hydrogen-bond donors (Lipinski definition) is 2. The molecule has 0 radical (unpaired) electrons. The number of nitrogens with zero attached hydrogens (tertiary/aromatic N) is 3. The Morgan fingerprint density at radius 3 is 2.38 bits per heavy atom. The number of methoxy groups -OCH3 is 2. The van der Waals surface area contributed by atoms with Crippen molar-refractivity contribution in [3.8, 4) is 28.7 Å². The standard InChI is InChI=1S/C26H25F3N4O6/c1-15(34)12-33-13-23(38-14-26(27,28)29)24(32-33)25(35)31-16-4-6-17(7-5-16)39-20-8-9-30-19-11-22(37-3)21(36-2)10-18(19)20/h4-11,13,15,34H,12,14H2,1-3H3,(H,31,35). The molecule has 1 atom stereocenters. The van der Waals surface area contributed by atoms with Gasteiger partial charge in [0.05, 0.1) is 38.6 Å². The maximum absolute atomic E-state index is 12.8. The Balaban J connectivity index is 1.51. The number of pyridine rings is 1. The lowest BCUT2D eigenvalue weighted by Crippen LogP contribution is -2.21. The first-order valence-electron chi connectivity index (χ1n) is 11.6. The minimum absolute atomic E-state index is 0.0377. The van der Waals surface area contributed by atoms with Crippen molar-refractivity contribution in [2.24, 2.45) is 0 Å². The molecule has 10 nitrogen and oxygen atoms in total. The average molecular weight is 547 g/mol. The molecule has 2 heterocycles. The van der Waals surface area contributed by atoms with Gasteiger partial charge < -0.3 is 29.4 Å². The zero-order chi connectivity index (χ0) is 28.2. The summed E-state index contributed by atoms with van der Waals surface area (Å²) in [5, 5.41) is 16.8. The van der Waals surface area contributed by atoms with E-state index in [1.54, 1.807) is 48.7 Å². The number of fused-ring (bicyclic) bond motifs is 1. The largest absolute Gasteiger partial charge is 0.493 e. The van der Waals surface area contributed by atoms with Crippen LogP contribution in [0.5, 0.6) is 28.7 Å². The van der Waals surface area contributed by atoms with Crippen molar-refractivity contribution in [3.05, 3.63) is 60.6 Å². The van der Waals surface area contributed by atoms with Crippen LogP contribution in [0.15, 0.2) is 54.9 Å². The second kappa shape index (κ2) is 11.5. The molecule has 0 saturated heterocycles. The molecule has 4 rings (SSSR count). The van der Waals surface area contributed by atoms with Crippen molar-refractivity contribution in [1.29, 1.82) is 0 Å². The number of aliphatic hydroxyl groups is 1. The monoisotopic (exact) mass is 546 g/mol. The molecule has 4 aromatic rings. The normalized spacial score (nSPS) is 12.2. The Morgan fingerprint density at radius 1 is 1.05 bits per heavy atom. The van der Waals surface area contributed by atoms with Crippen LogP contribution in [0, 0.1) is 0 Å². The Morgan fingerprint density at radius 2 is 1.74 bits per heavy atom. The number of benzene rings is 2. The molecule has 1 unspecified atom stereocenters. The Kier molecular flexibility index (Phi) is 8.10. The van der Waals surface area contributed by atoms with Gasteiger partial charge in [0.2, 0.25) is 0 Å². The maximum Gasteiger partial charge on any atom is 0.422 e. The lowest BCUT2D eigenvalue weighted by molar-refractivity contribution is -0.153. The van der Waals surface area contributed by atoms with E-state index in [2.05, 4.69) is 15.4 Å². The Hall–Kier alpha value is -4.52. The van der Waals surface area contributed by atoms with E-state index in [1.807, 2.05) is 0 Å². The van der Waals surface area contributed by atoms with Gasteiger partial charge in [-0.1, -0.05) is 0 Å². The van der Waals surface area contributed by atoms with Crippen LogP contribution in [0.2, 0.25) is 0 Å². The number of ether oxygens (including phenoxy) is 4. The molecular formula is C26H25F3N4O6. The minimum Gasteiger partial charge on any atom is -0.493 e. The van der Waals surface area contributed by atoms with E-state index in [1.165, 1.54) is 21.1 Å². The van der Waals surface area contributed by atoms with E-state index in [0.717, 1.165) is 10.9 Å².